The van der Waals surface area contributed by atoms with Gasteiger partial charge in [0.25, 0.3) is 0 Å². The largest absolute Gasteiger partial charge is 0.507 e. The highest BCUT2D eigenvalue weighted by molar-refractivity contribution is 5.94. The first-order valence-electron chi connectivity index (χ1n) is 3.73. The van der Waals surface area contributed by atoms with Crippen LogP contribution in [-0.2, 0) is 6.18 Å². The highest BCUT2D eigenvalue weighted by Crippen LogP contribution is 2.35. The summed E-state index contributed by atoms with van der Waals surface area (Å²) >= 11 is 0. The number of aromatic hydroxyl groups is 1. The van der Waals surface area contributed by atoms with E-state index in [2.05, 4.69) is 0 Å². The molecule has 14 heavy (non-hydrogen) atoms. The Balaban J connectivity index is 3.29. The summed E-state index contributed by atoms with van der Waals surface area (Å²) in [6, 6.07) is 2.64. The standard InChI is InChI=1S/C9H7F3O2/c1-5(13)6-2-3-8(14)7(4-6)9(10,11)12/h2-4,14H,1H3. The number of hydrogen-bond acceptors (Lipinski definition) is 2. The normalized spacial score (nSPS) is 11.4. The van der Waals surface area contributed by atoms with Gasteiger partial charge < -0.3 is 5.11 Å². The lowest BCUT2D eigenvalue weighted by Crippen LogP contribution is -2.07. The minimum absolute atomic E-state index is 0.0740. The van der Waals surface area contributed by atoms with Crippen LogP contribution in [0.2, 0.25) is 0 Å². The fourth-order valence-corrected chi connectivity index (χ4v) is 0.982. The Morgan fingerprint density at radius 3 is 2.36 bits per heavy atom. The van der Waals surface area contributed by atoms with E-state index in [1.807, 2.05) is 0 Å². The topological polar surface area (TPSA) is 37.3 Å². The van der Waals surface area contributed by atoms with Crippen LogP contribution in [0.15, 0.2) is 18.2 Å². The Hall–Kier alpha value is -1.52. The number of phenols is 1. The van der Waals surface area contributed by atoms with Crippen LogP contribution in [0.25, 0.3) is 0 Å². The third-order valence-corrected chi connectivity index (χ3v) is 1.71. The summed E-state index contributed by atoms with van der Waals surface area (Å²) in [5.41, 5.74) is -1.26. The molecule has 2 nitrogen and oxygen atoms in total. The molecule has 0 aromatic heterocycles. The summed E-state index contributed by atoms with van der Waals surface area (Å²) in [6.45, 7) is 1.16. The number of Topliss-reactive ketones (excluding diaryl/α,β-unsaturated/α-hetero) is 1. The van der Waals surface area contributed by atoms with Crippen LogP contribution in [0.1, 0.15) is 22.8 Å². The van der Waals surface area contributed by atoms with Crippen LogP contribution in [0.3, 0.4) is 0 Å². The molecular formula is C9H7F3O2. The minimum atomic E-state index is -4.64. The van der Waals surface area contributed by atoms with Crippen molar-refractivity contribution in [2.45, 2.75) is 13.1 Å². The summed E-state index contributed by atoms with van der Waals surface area (Å²) in [5.74, 6) is -1.35. The van der Waals surface area contributed by atoms with Crippen LogP contribution in [-0.4, -0.2) is 10.9 Å². The molecule has 1 N–H and O–H groups in total. The highest BCUT2D eigenvalue weighted by Gasteiger charge is 2.34. The lowest BCUT2D eigenvalue weighted by atomic mass is 10.1. The van der Waals surface area contributed by atoms with Crippen molar-refractivity contribution in [3.05, 3.63) is 29.3 Å². The zero-order valence-electron chi connectivity index (χ0n) is 7.22. The van der Waals surface area contributed by atoms with Gasteiger partial charge in [0, 0.05) is 5.56 Å². The molecule has 0 radical (unpaired) electrons. The van der Waals surface area contributed by atoms with Crippen molar-refractivity contribution in [3.8, 4) is 5.75 Å². The molecule has 0 heterocycles. The maximum absolute atomic E-state index is 12.2. The van der Waals surface area contributed by atoms with Gasteiger partial charge in [-0.25, -0.2) is 0 Å². The zero-order valence-corrected chi connectivity index (χ0v) is 7.22. The number of ketones is 1. The van der Waals surface area contributed by atoms with Crippen LogP contribution in [0.5, 0.6) is 5.75 Å². The average molecular weight is 204 g/mol. The van der Waals surface area contributed by atoms with E-state index in [0.29, 0.717) is 6.07 Å². The van der Waals surface area contributed by atoms with E-state index in [4.69, 9.17) is 5.11 Å². The van der Waals surface area contributed by atoms with Crippen molar-refractivity contribution in [2.24, 2.45) is 0 Å². The Bertz CT molecular complexity index is 369. The predicted octanol–water partition coefficient (Wildman–Crippen LogP) is 2.61. The lowest BCUT2D eigenvalue weighted by Gasteiger charge is -2.09. The molecule has 0 atom stereocenters. The second kappa shape index (κ2) is 3.32. The Morgan fingerprint density at radius 2 is 1.93 bits per heavy atom. The van der Waals surface area contributed by atoms with Gasteiger partial charge in [0.2, 0.25) is 0 Å². The maximum Gasteiger partial charge on any atom is 0.419 e. The molecule has 1 rings (SSSR count). The summed E-state index contributed by atoms with van der Waals surface area (Å²) in [4.78, 5) is 10.8. The summed E-state index contributed by atoms with van der Waals surface area (Å²) < 4.78 is 36.7. The number of benzene rings is 1. The van der Waals surface area contributed by atoms with E-state index in [-0.39, 0.29) is 5.56 Å². The number of carbonyl (C=O) groups is 1. The number of carbonyl (C=O) groups excluding carboxylic acids is 1. The average Bonchev–Trinajstić information content (AvgIpc) is 2.02. The van der Waals surface area contributed by atoms with E-state index in [1.54, 1.807) is 0 Å². The fourth-order valence-electron chi connectivity index (χ4n) is 0.982. The molecule has 0 aliphatic carbocycles. The Kier molecular flexibility index (Phi) is 2.51. The molecule has 5 heteroatoms. The van der Waals surface area contributed by atoms with Gasteiger partial charge in [-0.15, -0.1) is 0 Å². The van der Waals surface area contributed by atoms with Gasteiger partial charge in [0.05, 0.1) is 5.56 Å². The van der Waals surface area contributed by atoms with Crippen molar-refractivity contribution in [1.29, 1.82) is 0 Å². The van der Waals surface area contributed by atoms with Gasteiger partial charge in [-0.3, -0.25) is 4.79 Å². The number of phenolic OH excluding ortho intramolecular Hbond substituents is 1. The van der Waals surface area contributed by atoms with Crippen LogP contribution in [0.4, 0.5) is 13.2 Å². The second-order valence-corrected chi connectivity index (χ2v) is 2.79. The van der Waals surface area contributed by atoms with Gasteiger partial charge in [-0.1, -0.05) is 0 Å². The highest BCUT2D eigenvalue weighted by atomic mass is 19.4. The molecule has 0 amide bonds. The van der Waals surface area contributed by atoms with E-state index in [9.17, 15) is 18.0 Å². The fraction of sp³-hybridized carbons (Fsp3) is 0.222. The first kappa shape index (κ1) is 10.6. The van der Waals surface area contributed by atoms with Gasteiger partial charge in [-0.2, -0.15) is 13.2 Å². The maximum atomic E-state index is 12.2. The monoisotopic (exact) mass is 204 g/mol. The van der Waals surface area contributed by atoms with Crippen molar-refractivity contribution >= 4 is 5.78 Å². The summed E-state index contributed by atoms with van der Waals surface area (Å²) in [7, 11) is 0. The molecule has 1 aromatic rings. The van der Waals surface area contributed by atoms with Crippen molar-refractivity contribution in [2.75, 3.05) is 0 Å². The molecule has 0 spiro atoms. The van der Waals surface area contributed by atoms with Crippen LogP contribution < -0.4 is 0 Å². The second-order valence-electron chi connectivity index (χ2n) is 2.79. The van der Waals surface area contributed by atoms with Gasteiger partial charge in [0.1, 0.15) is 5.75 Å². The molecule has 0 saturated carbocycles. The minimum Gasteiger partial charge on any atom is -0.507 e. The molecule has 1 aromatic carbocycles. The predicted molar refractivity (Wildman–Crippen MR) is 43.1 cm³/mol. The van der Waals surface area contributed by atoms with Crippen molar-refractivity contribution in [1.82, 2.24) is 0 Å². The first-order chi connectivity index (χ1) is 6.32. The van der Waals surface area contributed by atoms with Crippen molar-refractivity contribution in [3.63, 3.8) is 0 Å². The lowest BCUT2D eigenvalue weighted by molar-refractivity contribution is -0.138. The molecule has 0 saturated heterocycles. The zero-order chi connectivity index (χ0) is 10.9. The number of halogens is 3. The number of alkyl halides is 3. The van der Waals surface area contributed by atoms with E-state index in [0.717, 1.165) is 19.1 Å². The quantitative estimate of drug-likeness (QED) is 0.714. The van der Waals surface area contributed by atoms with Gasteiger partial charge >= 0.3 is 6.18 Å². The Morgan fingerprint density at radius 1 is 1.36 bits per heavy atom. The molecule has 0 aliphatic rings. The molecular weight excluding hydrogens is 197 g/mol. The molecule has 0 bridgehead atoms. The summed E-state index contributed by atoms with van der Waals surface area (Å²) in [5, 5.41) is 8.92. The van der Waals surface area contributed by atoms with Crippen LogP contribution >= 0.6 is 0 Å². The van der Waals surface area contributed by atoms with E-state index >= 15 is 0 Å². The Labute approximate surface area is 78.0 Å². The first-order valence-corrected chi connectivity index (χ1v) is 3.73. The smallest absolute Gasteiger partial charge is 0.419 e. The molecule has 0 aliphatic heterocycles. The van der Waals surface area contributed by atoms with Crippen molar-refractivity contribution < 1.29 is 23.1 Å². The molecule has 76 valence electrons. The number of hydrogen-bond donors (Lipinski definition) is 1. The third-order valence-electron chi connectivity index (χ3n) is 1.71. The molecule has 0 unspecified atom stereocenters. The third kappa shape index (κ3) is 2.04. The van der Waals surface area contributed by atoms with Crippen LogP contribution in [0, 0.1) is 0 Å². The SMILES string of the molecule is CC(=O)c1ccc(O)c(C(F)(F)F)c1. The summed E-state index contributed by atoms with van der Waals surface area (Å²) in [6.07, 6.45) is -4.64. The number of rotatable bonds is 1. The van der Waals surface area contributed by atoms with Gasteiger partial charge in [-0.05, 0) is 25.1 Å². The van der Waals surface area contributed by atoms with Gasteiger partial charge in [0.15, 0.2) is 5.78 Å². The molecule has 0 fully saturated rings. The van der Waals surface area contributed by atoms with E-state index in [1.165, 1.54) is 0 Å². The van der Waals surface area contributed by atoms with E-state index < -0.39 is 23.3 Å².